The van der Waals surface area contributed by atoms with Crippen molar-refractivity contribution in [2.24, 2.45) is 11.3 Å². The molecule has 1 aliphatic carbocycles. The summed E-state index contributed by atoms with van der Waals surface area (Å²) in [6, 6.07) is 1.97. The quantitative estimate of drug-likeness (QED) is 0.872. The van der Waals surface area contributed by atoms with Crippen LogP contribution in [0.15, 0.2) is 12.3 Å². The summed E-state index contributed by atoms with van der Waals surface area (Å²) in [4.78, 5) is 15.3. The fourth-order valence-electron chi connectivity index (χ4n) is 2.69. The Labute approximate surface area is 101 Å². The summed E-state index contributed by atoms with van der Waals surface area (Å²) in [5, 5.41) is 9.15. The molecular formula is C13H17NO3. The largest absolute Gasteiger partial charge is 0.481 e. The summed E-state index contributed by atoms with van der Waals surface area (Å²) < 4.78 is 5.10. The third-order valence-electron chi connectivity index (χ3n) is 3.70. The predicted octanol–water partition coefficient (Wildman–Crippen LogP) is 2.22. The molecule has 1 fully saturated rings. The Hall–Kier alpha value is -1.58. The van der Waals surface area contributed by atoms with E-state index >= 15 is 0 Å². The van der Waals surface area contributed by atoms with Crippen molar-refractivity contribution in [1.82, 2.24) is 4.98 Å². The number of rotatable bonds is 3. The average molecular weight is 235 g/mol. The molecule has 0 aromatic carbocycles. The van der Waals surface area contributed by atoms with E-state index < -0.39 is 5.97 Å². The number of nitrogens with zero attached hydrogens (tertiary/aromatic N) is 1. The van der Waals surface area contributed by atoms with Gasteiger partial charge in [0.2, 0.25) is 5.88 Å². The van der Waals surface area contributed by atoms with E-state index in [2.05, 4.69) is 4.98 Å². The number of carbonyl (C=O) groups is 1. The number of hydrogen-bond acceptors (Lipinski definition) is 3. The first-order valence-electron chi connectivity index (χ1n) is 5.63. The third-order valence-corrected chi connectivity index (χ3v) is 3.70. The Morgan fingerprint density at radius 3 is 2.59 bits per heavy atom. The van der Waals surface area contributed by atoms with Gasteiger partial charge in [-0.3, -0.25) is 4.79 Å². The normalized spacial score (nSPS) is 25.4. The SMILES string of the molecule is COc1ncc([C@@H]2[C@@H](C(=O)O)C2(C)C)cc1C. The zero-order valence-electron chi connectivity index (χ0n) is 10.5. The highest BCUT2D eigenvalue weighted by Crippen LogP contribution is 2.64. The Bertz CT molecular complexity index is 468. The summed E-state index contributed by atoms with van der Waals surface area (Å²) in [5.41, 5.74) is 1.74. The highest BCUT2D eigenvalue weighted by atomic mass is 16.5. The van der Waals surface area contributed by atoms with Gasteiger partial charge in [0.15, 0.2) is 0 Å². The van der Waals surface area contributed by atoms with Crippen LogP contribution in [0.5, 0.6) is 5.88 Å². The number of hydrogen-bond donors (Lipinski definition) is 1. The van der Waals surface area contributed by atoms with E-state index in [0.717, 1.165) is 11.1 Å². The van der Waals surface area contributed by atoms with E-state index in [1.165, 1.54) is 0 Å². The number of ether oxygens (including phenoxy) is 1. The maximum Gasteiger partial charge on any atom is 0.307 e. The predicted molar refractivity (Wildman–Crippen MR) is 63.2 cm³/mol. The molecule has 0 bridgehead atoms. The van der Waals surface area contributed by atoms with Gasteiger partial charge in [0.25, 0.3) is 0 Å². The fourth-order valence-corrected chi connectivity index (χ4v) is 2.69. The molecule has 0 spiro atoms. The summed E-state index contributed by atoms with van der Waals surface area (Å²) in [6.07, 6.45) is 1.72. The fraction of sp³-hybridized carbons (Fsp3) is 0.538. The number of aromatic nitrogens is 1. The lowest BCUT2D eigenvalue weighted by atomic mass is 10.0. The van der Waals surface area contributed by atoms with Crippen LogP contribution in [0.2, 0.25) is 0 Å². The number of aryl methyl sites for hydroxylation is 1. The second-order valence-corrected chi connectivity index (χ2v) is 5.21. The molecule has 1 aromatic rings. The maximum atomic E-state index is 11.1. The molecule has 2 atom stereocenters. The number of methoxy groups -OCH3 is 1. The second kappa shape index (κ2) is 3.72. The summed E-state index contributed by atoms with van der Waals surface area (Å²) in [6.45, 7) is 5.88. The average Bonchev–Trinajstić information content (AvgIpc) is 2.81. The van der Waals surface area contributed by atoms with Crippen LogP contribution in [0, 0.1) is 18.3 Å². The van der Waals surface area contributed by atoms with Crippen molar-refractivity contribution in [2.45, 2.75) is 26.7 Å². The van der Waals surface area contributed by atoms with Crippen molar-refractivity contribution >= 4 is 5.97 Å². The molecule has 17 heavy (non-hydrogen) atoms. The van der Waals surface area contributed by atoms with Crippen LogP contribution in [-0.2, 0) is 4.79 Å². The smallest absolute Gasteiger partial charge is 0.307 e. The van der Waals surface area contributed by atoms with Crippen LogP contribution in [0.4, 0.5) is 0 Å². The van der Waals surface area contributed by atoms with Crippen molar-refractivity contribution in [1.29, 1.82) is 0 Å². The van der Waals surface area contributed by atoms with Gasteiger partial charge in [-0.1, -0.05) is 13.8 Å². The first-order valence-corrected chi connectivity index (χ1v) is 5.63. The Balaban J connectivity index is 2.31. The van der Waals surface area contributed by atoms with Crippen molar-refractivity contribution < 1.29 is 14.6 Å². The molecule has 1 aliphatic rings. The first kappa shape index (κ1) is 11.9. The zero-order chi connectivity index (χ0) is 12.8. The summed E-state index contributed by atoms with van der Waals surface area (Å²) in [5.74, 6) is -0.387. The minimum Gasteiger partial charge on any atom is -0.481 e. The molecule has 1 saturated carbocycles. The highest BCUT2D eigenvalue weighted by Gasteiger charge is 2.62. The van der Waals surface area contributed by atoms with Crippen LogP contribution in [0.3, 0.4) is 0 Å². The lowest BCUT2D eigenvalue weighted by Crippen LogP contribution is -2.03. The van der Waals surface area contributed by atoms with Gasteiger partial charge in [0.05, 0.1) is 13.0 Å². The van der Waals surface area contributed by atoms with Crippen LogP contribution in [0.1, 0.15) is 30.9 Å². The van der Waals surface area contributed by atoms with Crippen LogP contribution >= 0.6 is 0 Å². The van der Waals surface area contributed by atoms with Gasteiger partial charge in [0.1, 0.15) is 0 Å². The molecule has 0 aliphatic heterocycles. The van der Waals surface area contributed by atoms with Crippen molar-refractivity contribution in [3.63, 3.8) is 0 Å². The van der Waals surface area contributed by atoms with Crippen molar-refractivity contribution in [2.75, 3.05) is 7.11 Å². The topological polar surface area (TPSA) is 59.4 Å². The Morgan fingerprint density at radius 2 is 2.18 bits per heavy atom. The lowest BCUT2D eigenvalue weighted by Gasteiger charge is -2.07. The molecule has 2 rings (SSSR count). The van der Waals surface area contributed by atoms with Crippen LogP contribution < -0.4 is 4.74 Å². The minimum atomic E-state index is -0.728. The number of aliphatic carboxylic acids is 1. The monoisotopic (exact) mass is 235 g/mol. The van der Waals surface area contributed by atoms with Crippen molar-refractivity contribution in [3.8, 4) is 5.88 Å². The van der Waals surface area contributed by atoms with Crippen LogP contribution in [-0.4, -0.2) is 23.2 Å². The van der Waals surface area contributed by atoms with Gasteiger partial charge in [-0.05, 0) is 24.0 Å². The van der Waals surface area contributed by atoms with Gasteiger partial charge in [-0.15, -0.1) is 0 Å². The van der Waals surface area contributed by atoms with E-state index in [1.807, 2.05) is 26.8 Å². The molecule has 4 heteroatoms. The van der Waals surface area contributed by atoms with Gasteiger partial charge < -0.3 is 9.84 Å². The van der Waals surface area contributed by atoms with Crippen molar-refractivity contribution in [3.05, 3.63) is 23.4 Å². The van der Waals surface area contributed by atoms with E-state index in [4.69, 9.17) is 9.84 Å². The lowest BCUT2D eigenvalue weighted by molar-refractivity contribution is -0.139. The molecule has 0 radical (unpaired) electrons. The van der Waals surface area contributed by atoms with E-state index in [-0.39, 0.29) is 17.3 Å². The first-order chi connectivity index (χ1) is 7.89. The molecule has 4 nitrogen and oxygen atoms in total. The standard InChI is InChI=1S/C13H17NO3/c1-7-5-8(6-14-11(7)17-4)9-10(12(15)16)13(9,2)3/h5-6,9-10H,1-4H3,(H,15,16)/t9-,10+/m1/s1. The van der Waals surface area contributed by atoms with E-state index in [0.29, 0.717) is 5.88 Å². The molecule has 92 valence electrons. The zero-order valence-corrected chi connectivity index (χ0v) is 10.5. The second-order valence-electron chi connectivity index (χ2n) is 5.21. The summed E-state index contributed by atoms with van der Waals surface area (Å²) in [7, 11) is 1.58. The number of carboxylic acids is 1. The van der Waals surface area contributed by atoms with E-state index in [1.54, 1.807) is 13.3 Å². The van der Waals surface area contributed by atoms with Gasteiger partial charge in [-0.25, -0.2) is 4.98 Å². The van der Waals surface area contributed by atoms with Gasteiger partial charge in [-0.2, -0.15) is 0 Å². The molecule has 1 N–H and O–H groups in total. The van der Waals surface area contributed by atoms with Gasteiger partial charge in [0, 0.05) is 17.7 Å². The van der Waals surface area contributed by atoms with Crippen LogP contribution in [0.25, 0.3) is 0 Å². The number of carboxylic acid groups (broad SMARTS) is 1. The molecular weight excluding hydrogens is 218 g/mol. The van der Waals surface area contributed by atoms with Gasteiger partial charge >= 0.3 is 5.97 Å². The molecule has 0 unspecified atom stereocenters. The molecule has 1 aromatic heterocycles. The summed E-state index contributed by atoms with van der Waals surface area (Å²) >= 11 is 0. The molecule has 0 saturated heterocycles. The third kappa shape index (κ3) is 1.77. The maximum absolute atomic E-state index is 11.1. The Morgan fingerprint density at radius 1 is 1.53 bits per heavy atom. The molecule has 0 amide bonds. The highest BCUT2D eigenvalue weighted by molar-refractivity contribution is 5.77. The Kier molecular flexibility index (Phi) is 2.60. The minimum absolute atomic E-state index is 0.0529. The number of pyridine rings is 1. The molecule has 1 heterocycles. The van der Waals surface area contributed by atoms with E-state index in [9.17, 15) is 4.79 Å².